The second-order valence-corrected chi connectivity index (χ2v) is 10.1. The fraction of sp³-hybridized carbons (Fsp3) is 0.423. The second kappa shape index (κ2) is 9.47. The summed E-state index contributed by atoms with van der Waals surface area (Å²) in [6, 6.07) is 7.16. The van der Waals surface area contributed by atoms with E-state index in [-0.39, 0.29) is 23.6 Å². The van der Waals surface area contributed by atoms with Crippen LogP contribution in [0, 0.1) is 0 Å². The molecule has 0 radical (unpaired) electrons. The van der Waals surface area contributed by atoms with Crippen molar-refractivity contribution in [3.05, 3.63) is 64.5 Å². The molecule has 0 spiro atoms. The van der Waals surface area contributed by atoms with Gasteiger partial charge in [-0.25, -0.2) is 9.36 Å². The van der Waals surface area contributed by atoms with Crippen LogP contribution < -0.4 is 15.6 Å². The van der Waals surface area contributed by atoms with Crippen LogP contribution in [0.5, 0.6) is 5.75 Å². The van der Waals surface area contributed by atoms with E-state index in [9.17, 15) is 14.7 Å². The molecule has 0 aliphatic heterocycles. The van der Waals surface area contributed by atoms with Gasteiger partial charge in [-0.05, 0) is 57.7 Å². The summed E-state index contributed by atoms with van der Waals surface area (Å²) >= 11 is 0. The molecule has 1 aliphatic carbocycles. The lowest BCUT2D eigenvalue weighted by Gasteiger charge is -2.29. The molecule has 11 heteroatoms. The van der Waals surface area contributed by atoms with Gasteiger partial charge in [-0.1, -0.05) is 5.21 Å². The van der Waals surface area contributed by atoms with Gasteiger partial charge in [0.1, 0.15) is 22.7 Å². The fourth-order valence-corrected chi connectivity index (χ4v) is 4.76. The molecular formula is C26H31N7O4. The molecule has 1 aromatic carbocycles. The van der Waals surface area contributed by atoms with Gasteiger partial charge in [-0.2, -0.15) is 5.10 Å². The van der Waals surface area contributed by atoms with Gasteiger partial charge in [0.2, 0.25) is 0 Å². The maximum Gasteiger partial charge on any atom is 0.276 e. The monoisotopic (exact) mass is 505 g/mol. The number of nitrogens with one attached hydrogen (secondary N) is 1. The van der Waals surface area contributed by atoms with E-state index in [2.05, 4.69) is 20.7 Å². The number of fused-ring (bicyclic) bond motifs is 1. The Labute approximate surface area is 213 Å². The first-order valence-corrected chi connectivity index (χ1v) is 12.3. The van der Waals surface area contributed by atoms with Crippen molar-refractivity contribution in [2.75, 3.05) is 7.11 Å². The average Bonchev–Trinajstić information content (AvgIpc) is 3.52. The van der Waals surface area contributed by atoms with Crippen LogP contribution in [0.25, 0.3) is 16.6 Å². The third kappa shape index (κ3) is 4.86. The SMILES string of the molecule is COc1cc2nn(-c3cccn(C)c3=O)cc2cc1C(=O)NC1CCC(n2cc(C(C)(C)O)nn2)CC1. The minimum atomic E-state index is -1.03. The number of carbonyl (C=O) groups excluding carboxylic acids is 1. The lowest BCUT2D eigenvalue weighted by molar-refractivity contribution is 0.0736. The molecule has 0 bridgehead atoms. The normalized spacial score (nSPS) is 18.2. The number of aryl methyl sites for hydroxylation is 1. The van der Waals surface area contributed by atoms with E-state index < -0.39 is 5.60 Å². The minimum Gasteiger partial charge on any atom is -0.496 e. The standard InChI is InChI=1S/C26H31N7O4/c1-26(2,36)23-15-32(30-28-23)18-9-7-17(8-10-18)27-24(34)19-12-16-14-33(29-20(16)13-22(19)37-4)21-6-5-11-31(3)25(21)35/h5-6,11-15,17-18,36H,7-10H2,1-4H3,(H,27,34). The Hall–Kier alpha value is -3.99. The molecule has 5 rings (SSSR count). The predicted molar refractivity (Wildman–Crippen MR) is 137 cm³/mol. The van der Waals surface area contributed by atoms with Crippen LogP contribution in [0.2, 0.25) is 0 Å². The molecule has 1 saturated carbocycles. The highest BCUT2D eigenvalue weighted by molar-refractivity contribution is 6.01. The van der Waals surface area contributed by atoms with Crippen molar-refractivity contribution in [1.29, 1.82) is 0 Å². The van der Waals surface area contributed by atoms with E-state index in [1.807, 2.05) is 4.68 Å². The number of hydrogen-bond donors (Lipinski definition) is 2. The highest BCUT2D eigenvalue weighted by Crippen LogP contribution is 2.30. The van der Waals surface area contributed by atoms with Crippen LogP contribution in [0.3, 0.4) is 0 Å². The molecule has 1 fully saturated rings. The quantitative estimate of drug-likeness (QED) is 0.412. The highest BCUT2D eigenvalue weighted by atomic mass is 16.5. The zero-order valence-corrected chi connectivity index (χ0v) is 21.4. The molecule has 0 saturated heterocycles. The molecule has 1 amide bonds. The van der Waals surface area contributed by atoms with E-state index in [1.54, 1.807) is 63.8 Å². The van der Waals surface area contributed by atoms with Crippen molar-refractivity contribution in [2.24, 2.45) is 7.05 Å². The zero-order chi connectivity index (χ0) is 26.3. The van der Waals surface area contributed by atoms with Crippen LogP contribution in [0.1, 0.15) is 61.6 Å². The van der Waals surface area contributed by atoms with Crippen LogP contribution in [0.4, 0.5) is 0 Å². The summed E-state index contributed by atoms with van der Waals surface area (Å²) < 4.78 is 10.4. The minimum absolute atomic E-state index is 0.0245. The van der Waals surface area contributed by atoms with Crippen LogP contribution in [0.15, 0.2) is 47.7 Å². The summed E-state index contributed by atoms with van der Waals surface area (Å²) in [7, 11) is 3.21. The first-order chi connectivity index (χ1) is 17.6. The van der Waals surface area contributed by atoms with Gasteiger partial charge in [-0.3, -0.25) is 9.59 Å². The molecule has 11 nitrogen and oxygen atoms in total. The lowest BCUT2D eigenvalue weighted by atomic mass is 9.91. The number of carbonyl (C=O) groups is 1. The number of aromatic nitrogens is 6. The van der Waals surface area contributed by atoms with Crippen LogP contribution >= 0.6 is 0 Å². The number of pyridine rings is 1. The molecule has 0 unspecified atom stereocenters. The van der Waals surface area contributed by atoms with Gasteiger partial charge in [0.15, 0.2) is 0 Å². The average molecular weight is 506 g/mol. The molecule has 37 heavy (non-hydrogen) atoms. The summed E-state index contributed by atoms with van der Waals surface area (Å²) in [4.78, 5) is 25.8. The van der Waals surface area contributed by atoms with E-state index in [0.29, 0.717) is 28.2 Å². The summed E-state index contributed by atoms with van der Waals surface area (Å²) in [6.45, 7) is 3.38. The third-order valence-electron chi connectivity index (χ3n) is 6.96. The number of aliphatic hydroxyl groups is 1. The summed E-state index contributed by atoms with van der Waals surface area (Å²) in [5.74, 6) is 0.210. The first-order valence-electron chi connectivity index (χ1n) is 12.3. The summed E-state index contributed by atoms with van der Waals surface area (Å²) in [5, 5.41) is 26.8. The van der Waals surface area contributed by atoms with E-state index >= 15 is 0 Å². The predicted octanol–water partition coefficient (Wildman–Crippen LogP) is 2.47. The number of nitrogens with zero attached hydrogens (tertiary/aromatic N) is 6. The van der Waals surface area contributed by atoms with E-state index in [4.69, 9.17) is 4.74 Å². The Morgan fingerprint density at radius 1 is 1.19 bits per heavy atom. The Morgan fingerprint density at radius 2 is 1.95 bits per heavy atom. The molecule has 1 aliphatic rings. The van der Waals surface area contributed by atoms with Crippen molar-refractivity contribution in [2.45, 2.75) is 57.2 Å². The number of amides is 1. The van der Waals surface area contributed by atoms with Crippen LogP contribution in [-0.2, 0) is 12.6 Å². The fourth-order valence-electron chi connectivity index (χ4n) is 4.76. The molecule has 0 atom stereocenters. The Kier molecular flexibility index (Phi) is 6.32. The van der Waals surface area contributed by atoms with Gasteiger partial charge in [0.05, 0.1) is 30.4 Å². The second-order valence-electron chi connectivity index (χ2n) is 10.1. The maximum atomic E-state index is 13.3. The Balaban J connectivity index is 1.30. The topological polar surface area (TPSA) is 129 Å². The zero-order valence-electron chi connectivity index (χ0n) is 21.4. The summed E-state index contributed by atoms with van der Waals surface area (Å²) in [5.41, 5.74) is 0.808. The molecule has 194 valence electrons. The van der Waals surface area contributed by atoms with Crippen molar-refractivity contribution in [1.82, 2.24) is 34.7 Å². The highest BCUT2D eigenvalue weighted by Gasteiger charge is 2.28. The molecular weight excluding hydrogens is 474 g/mol. The Morgan fingerprint density at radius 3 is 2.62 bits per heavy atom. The number of rotatable bonds is 6. The lowest BCUT2D eigenvalue weighted by Crippen LogP contribution is -2.38. The van der Waals surface area contributed by atoms with E-state index in [1.165, 1.54) is 16.4 Å². The number of benzene rings is 1. The van der Waals surface area contributed by atoms with Crippen molar-refractivity contribution < 1.29 is 14.6 Å². The molecule has 3 heterocycles. The van der Waals surface area contributed by atoms with Crippen molar-refractivity contribution in [3.63, 3.8) is 0 Å². The largest absolute Gasteiger partial charge is 0.496 e. The first kappa shape index (κ1) is 24.7. The smallest absolute Gasteiger partial charge is 0.276 e. The van der Waals surface area contributed by atoms with Crippen molar-refractivity contribution in [3.8, 4) is 11.4 Å². The molecule has 4 aromatic rings. The van der Waals surface area contributed by atoms with Gasteiger partial charge in [-0.15, -0.1) is 5.10 Å². The third-order valence-corrected chi connectivity index (χ3v) is 6.96. The van der Waals surface area contributed by atoms with Crippen LogP contribution in [-0.4, -0.2) is 53.5 Å². The number of ether oxygens (including phenoxy) is 1. The molecule has 3 aromatic heterocycles. The number of hydrogen-bond acceptors (Lipinski definition) is 7. The van der Waals surface area contributed by atoms with Gasteiger partial charge in [0.25, 0.3) is 11.5 Å². The van der Waals surface area contributed by atoms with Gasteiger partial charge >= 0.3 is 0 Å². The summed E-state index contributed by atoms with van der Waals surface area (Å²) in [6.07, 6.45) is 8.51. The Bertz CT molecular complexity index is 1500. The van der Waals surface area contributed by atoms with E-state index in [0.717, 1.165) is 31.1 Å². The molecule has 2 N–H and O–H groups in total. The maximum absolute atomic E-state index is 13.3. The van der Waals surface area contributed by atoms with Gasteiger partial charge < -0.3 is 19.7 Å². The van der Waals surface area contributed by atoms with Crippen molar-refractivity contribution >= 4 is 16.8 Å². The van der Waals surface area contributed by atoms with Gasteiger partial charge in [0, 0.05) is 36.9 Å². The number of methoxy groups -OCH3 is 1.